The summed E-state index contributed by atoms with van der Waals surface area (Å²) in [5.74, 6) is -2.22. The molecule has 0 spiro atoms. The molecule has 1 saturated heterocycles. The molecule has 1 amide bonds. The van der Waals surface area contributed by atoms with E-state index in [4.69, 9.17) is 19.9 Å². The zero-order valence-corrected chi connectivity index (χ0v) is 30.3. The fourth-order valence-corrected chi connectivity index (χ4v) is 4.63. The molecule has 15 heteroatoms. The van der Waals surface area contributed by atoms with Gasteiger partial charge in [0.15, 0.2) is 0 Å². The lowest BCUT2D eigenvalue weighted by atomic mass is 10.2. The Bertz CT molecular complexity index is 990. The highest BCUT2D eigenvalue weighted by Crippen LogP contribution is 2.11. The summed E-state index contributed by atoms with van der Waals surface area (Å²) in [6.45, 7) is 19.7. The molecule has 0 saturated carbocycles. The van der Waals surface area contributed by atoms with Gasteiger partial charge < -0.3 is 30.0 Å². The number of nitrogens with one attached hydrogen (secondary N) is 1. The van der Waals surface area contributed by atoms with Crippen molar-refractivity contribution in [3.63, 3.8) is 0 Å². The van der Waals surface area contributed by atoms with Crippen LogP contribution in [0.25, 0.3) is 0 Å². The summed E-state index contributed by atoms with van der Waals surface area (Å²) in [6, 6.07) is -0.949. The first-order valence-electron chi connectivity index (χ1n) is 16.2. The van der Waals surface area contributed by atoms with Crippen molar-refractivity contribution in [2.75, 3.05) is 92.2 Å². The van der Waals surface area contributed by atoms with Crippen LogP contribution in [0.15, 0.2) is 0 Å². The first kappa shape index (κ1) is 42.2. The van der Waals surface area contributed by atoms with Crippen LogP contribution in [0, 0.1) is 0 Å². The summed E-state index contributed by atoms with van der Waals surface area (Å²) < 4.78 is 21.3. The van der Waals surface area contributed by atoms with Gasteiger partial charge in [-0.05, 0) is 62.3 Å². The molecule has 1 aliphatic rings. The van der Waals surface area contributed by atoms with Crippen molar-refractivity contribution in [3.05, 3.63) is 0 Å². The number of carbonyl (C=O) groups is 5. The molecule has 0 aromatic carbocycles. The van der Waals surface area contributed by atoms with Gasteiger partial charge in [0.2, 0.25) is 5.91 Å². The van der Waals surface area contributed by atoms with Gasteiger partial charge in [-0.2, -0.15) is 0 Å². The molecule has 0 radical (unpaired) electrons. The van der Waals surface area contributed by atoms with E-state index in [0.29, 0.717) is 52.4 Å². The molecule has 1 rings (SSSR count). The van der Waals surface area contributed by atoms with Crippen molar-refractivity contribution in [1.82, 2.24) is 24.9 Å². The standard InChI is InChI=1S/C32H60N6O9/c1-30(2,3)45-26(40)21-36-13-11-35(20-24(33)29(43)34-19-25(39)44-10)12-14-37(22-27(41)46-31(4,5)6)16-18-38(17-15-36)23-28(42)47-32(7,8)9/h24H,11-23,33H2,1-10H3,(H,34,43). The lowest BCUT2D eigenvalue weighted by Gasteiger charge is -2.35. The second-order valence-corrected chi connectivity index (χ2v) is 14.8. The van der Waals surface area contributed by atoms with E-state index in [1.165, 1.54) is 7.11 Å². The van der Waals surface area contributed by atoms with E-state index in [1.54, 1.807) is 41.5 Å². The highest BCUT2D eigenvalue weighted by molar-refractivity contribution is 5.85. The second kappa shape index (κ2) is 19.2. The highest BCUT2D eigenvalue weighted by Gasteiger charge is 2.26. The van der Waals surface area contributed by atoms with E-state index in [-0.39, 0.29) is 50.6 Å². The Hall–Kier alpha value is -2.85. The van der Waals surface area contributed by atoms with Crippen LogP contribution in [0.2, 0.25) is 0 Å². The molecule has 0 aliphatic carbocycles. The molecule has 1 heterocycles. The molecular formula is C32H60N6O9. The molecule has 1 unspecified atom stereocenters. The summed E-state index contributed by atoms with van der Waals surface area (Å²) in [5, 5.41) is 2.49. The second-order valence-electron chi connectivity index (χ2n) is 14.8. The van der Waals surface area contributed by atoms with Crippen molar-refractivity contribution in [2.24, 2.45) is 5.73 Å². The molecule has 0 bridgehead atoms. The van der Waals surface area contributed by atoms with Crippen LogP contribution in [-0.4, -0.2) is 164 Å². The van der Waals surface area contributed by atoms with Crippen molar-refractivity contribution >= 4 is 29.8 Å². The minimum absolute atomic E-state index is 0.0296. The van der Waals surface area contributed by atoms with E-state index in [9.17, 15) is 24.0 Å². The van der Waals surface area contributed by atoms with Gasteiger partial charge in [0, 0.05) is 58.9 Å². The van der Waals surface area contributed by atoms with Crippen LogP contribution in [0.3, 0.4) is 0 Å². The molecule has 1 fully saturated rings. The summed E-state index contributed by atoms with van der Waals surface area (Å²) in [6.07, 6.45) is 0. The van der Waals surface area contributed by atoms with Crippen LogP contribution in [0.5, 0.6) is 0 Å². The van der Waals surface area contributed by atoms with Gasteiger partial charge in [0.1, 0.15) is 23.3 Å². The fraction of sp³-hybridized carbons (Fsp3) is 0.844. The smallest absolute Gasteiger partial charge is 0.325 e. The van der Waals surface area contributed by atoms with Crippen molar-refractivity contribution in [2.45, 2.75) is 85.2 Å². The molecule has 272 valence electrons. The molecule has 15 nitrogen and oxygen atoms in total. The van der Waals surface area contributed by atoms with Crippen LogP contribution >= 0.6 is 0 Å². The lowest BCUT2D eigenvalue weighted by molar-refractivity contribution is -0.158. The Kier molecular flexibility index (Phi) is 17.2. The number of amides is 1. The molecule has 3 N–H and O–H groups in total. The number of nitrogens with zero attached hydrogens (tertiary/aromatic N) is 4. The van der Waals surface area contributed by atoms with Gasteiger partial charge in [0.05, 0.1) is 32.8 Å². The molecule has 1 atom stereocenters. The normalized spacial score (nSPS) is 17.9. The minimum Gasteiger partial charge on any atom is -0.468 e. The quantitative estimate of drug-likeness (QED) is 0.219. The summed E-state index contributed by atoms with van der Waals surface area (Å²) in [5.41, 5.74) is 4.29. The summed E-state index contributed by atoms with van der Waals surface area (Å²) in [4.78, 5) is 70.5. The van der Waals surface area contributed by atoms with Gasteiger partial charge in [0.25, 0.3) is 0 Å². The number of nitrogens with two attached hydrogens (primary N) is 1. The van der Waals surface area contributed by atoms with E-state index in [1.807, 2.05) is 40.4 Å². The Morgan fingerprint density at radius 2 is 0.872 bits per heavy atom. The maximum absolute atomic E-state index is 12.8. The third-order valence-electron chi connectivity index (χ3n) is 6.67. The van der Waals surface area contributed by atoms with Gasteiger partial charge in [-0.3, -0.25) is 43.6 Å². The zero-order valence-electron chi connectivity index (χ0n) is 30.3. The maximum Gasteiger partial charge on any atom is 0.325 e. The Morgan fingerprint density at radius 1 is 0.574 bits per heavy atom. The Morgan fingerprint density at radius 3 is 1.15 bits per heavy atom. The maximum atomic E-state index is 12.8. The summed E-state index contributed by atoms with van der Waals surface area (Å²) >= 11 is 0. The van der Waals surface area contributed by atoms with Gasteiger partial charge in [-0.25, -0.2) is 0 Å². The van der Waals surface area contributed by atoms with E-state index < -0.39 is 34.7 Å². The highest BCUT2D eigenvalue weighted by atomic mass is 16.6. The van der Waals surface area contributed by atoms with Gasteiger partial charge in [-0.1, -0.05) is 0 Å². The molecule has 0 aromatic heterocycles. The number of esters is 4. The van der Waals surface area contributed by atoms with Crippen LogP contribution in [0.1, 0.15) is 62.3 Å². The topological polar surface area (TPSA) is 173 Å². The van der Waals surface area contributed by atoms with E-state index in [0.717, 1.165) is 0 Å². The van der Waals surface area contributed by atoms with Gasteiger partial charge in [-0.15, -0.1) is 0 Å². The van der Waals surface area contributed by atoms with Crippen molar-refractivity contribution < 1.29 is 42.9 Å². The Labute approximate surface area is 280 Å². The van der Waals surface area contributed by atoms with Crippen LogP contribution < -0.4 is 11.1 Å². The number of hydrogen-bond donors (Lipinski definition) is 2. The SMILES string of the molecule is COC(=O)CNC(=O)C(N)CN1CCN(CC(=O)OC(C)(C)C)CCN(CC(=O)OC(C)(C)C)CCN(CC(=O)OC(C)(C)C)CC1. The van der Waals surface area contributed by atoms with Gasteiger partial charge >= 0.3 is 23.9 Å². The predicted molar refractivity (Wildman–Crippen MR) is 176 cm³/mol. The predicted octanol–water partition coefficient (Wildman–Crippen LogP) is -0.150. The van der Waals surface area contributed by atoms with Crippen LogP contribution in [0.4, 0.5) is 0 Å². The Balaban J connectivity index is 3.25. The first-order chi connectivity index (χ1) is 21.5. The number of methoxy groups -OCH3 is 1. The molecule has 0 aromatic rings. The first-order valence-corrected chi connectivity index (χ1v) is 16.2. The van der Waals surface area contributed by atoms with Crippen molar-refractivity contribution in [3.8, 4) is 0 Å². The average Bonchev–Trinajstić information content (AvgIpc) is 2.89. The summed E-state index contributed by atoms with van der Waals surface area (Å²) in [7, 11) is 1.23. The molecule has 47 heavy (non-hydrogen) atoms. The number of rotatable bonds is 11. The molecular weight excluding hydrogens is 612 g/mol. The zero-order chi connectivity index (χ0) is 36.0. The minimum atomic E-state index is -0.949. The van der Waals surface area contributed by atoms with E-state index >= 15 is 0 Å². The van der Waals surface area contributed by atoms with Crippen LogP contribution in [-0.2, 0) is 42.9 Å². The van der Waals surface area contributed by atoms with E-state index in [2.05, 4.69) is 10.1 Å². The number of hydrogen-bond acceptors (Lipinski definition) is 14. The fourth-order valence-electron chi connectivity index (χ4n) is 4.63. The third kappa shape index (κ3) is 20.9. The lowest BCUT2D eigenvalue weighted by Crippen LogP contribution is -2.53. The average molecular weight is 673 g/mol. The largest absolute Gasteiger partial charge is 0.468 e. The third-order valence-corrected chi connectivity index (χ3v) is 6.67. The monoisotopic (exact) mass is 672 g/mol. The number of carbonyl (C=O) groups excluding carboxylic acids is 5. The molecule has 1 aliphatic heterocycles. The van der Waals surface area contributed by atoms with Crippen molar-refractivity contribution in [1.29, 1.82) is 0 Å². The number of ether oxygens (including phenoxy) is 4.